The van der Waals surface area contributed by atoms with Gasteiger partial charge in [0.05, 0.1) is 16.9 Å². The number of hydrogen-bond donors (Lipinski definition) is 2. The molecule has 0 spiro atoms. The zero-order chi connectivity index (χ0) is 13.9. The summed E-state index contributed by atoms with van der Waals surface area (Å²) in [6.07, 6.45) is 2.49. The molecule has 19 heavy (non-hydrogen) atoms. The molecule has 2 rings (SSSR count). The fourth-order valence-corrected chi connectivity index (χ4v) is 2.05. The number of rotatable bonds is 5. The Balaban J connectivity index is 1.88. The lowest BCUT2D eigenvalue weighted by molar-refractivity contribution is -0.384. The highest BCUT2D eigenvalue weighted by Gasteiger charge is 2.34. The van der Waals surface area contributed by atoms with Crippen LogP contribution < -0.4 is 5.32 Å². The maximum Gasteiger partial charge on any atom is 0.269 e. The number of carbonyl (C=O) groups excluding carboxylic acids is 1. The van der Waals surface area contributed by atoms with E-state index in [-0.39, 0.29) is 24.6 Å². The summed E-state index contributed by atoms with van der Waals surface area (Å²) in [5, 5.41) is 23.1. The number of amides is 1. The van der Waals surface area contributed by atoms with Gasteiger partial charge in [-0.1, -0.05) is 12.1 Å². The summed E-state index contributed by atoms with van der Waals surface area (Å²) in [7, 11) is 0. The molecular weight excluding hydrogens is 248 g/mol. The Bertz CT molecular complexity index is 497. The molecule has 0 aromatic heterocycles. The van der Waals surface area contributed by atoms with Crippen LogP contribution in [0.1, 0.15) is 24.8 Å². The van der Waals surface area contributed by atoms with Gasteiger partial charge in [-0.05, 0) is 24.8 Å². The molecule has 102 valence electrons. The molecule has 6 nitrogen and oxygen atoms in total. The van der Waals surface area contributed by atoms with Gasteiger partial charge < -0.3 is 10.4 Å². The number of nitrogens with zero attached hydrogens (tertiary/aromatic N) is 1. The molecule has 1 aliphatic carbocycles. The molecule has 1 saturated carbocycles. The first-order chi connectivity index (χ1) is 8.98. The van der Waals surface area contributed by atoms with Crippen LogP contribution in [-0.2, 0) is 11.2 Å². The van der Waals surface area contributed by atoms with Gasteiger partial charge in [-0.3, -0.25) is 14.9 Å². The summed E-state index contributed by atoms with van der Waals surface area (Å²) in [6.45, 7) is 0.251. The molecule has 1 amide bonds. The summed E-state index contributed by atoms with van der Waals surface area (Å²) in [6, 6.07) is 6.00. The Morgan fingerprint density at radius 1 is 1.47 bits per heavy atom. The largest absolute Gasteiger partial charge is 0.388 e. The van der Waals surface area contributed by atoms with Crippen molar-refractivity contribution in [1.82, 2.24) is 5.32 Å². The van der Waals surface area contributed by atoms with E-state index >= 15 is 0 Å². The molecule has 0 aliphatic heterocycles. The predicted octanol–water partition coefficient (Wildman–Crippen LogP) is 1.17. The third kappa shape index (κ3) is 3.51. The summed E-state index contributed by atoms with van der Waals surface area (Å²) >= 11 is 0. The highest BCUT2D eigenvalue weighted by Crippen LogP contribution is 2.30. The summed E-state index contributed by atoms with van der Waals surface area (Å²) < 4.78 is 0. The average molecular weight is 264 g/mol. The van der Waals surface area contributed by atoms with Gasteiger partial charge in [0.1, 0.15) is 0 Å². The van der Waals surface area contributed by atoms with Crippen molar-refractivity contribution in [3.63, 3.8) is 0 Å². The number of carbonyl (C=O) groups is 1. The highest BCUT2D eigenvalue weighted by atomic mass is 16.6. The smallest absolute Gasteiger partial charge is 0.269 e. The zero-order valence-electron chi connectivity index (χ0n) is 10.5. The Morgan fingerprint density at radius 2 is 2.21 bits per heavy atom. The zero-order valence-corrected chi connectivity index (χ0v) is 10.5. The van der Waals surface area contributed by atoms with Gasteiger partial charge in [-0.15, -0.1) is 0 Å². The standard InChI is InChI=1S/C13H16N2O4/c16-12(14-9-13(17)5-2-6-13)8-10-3-1-4-11(7-10)15(18)19/h1,3-4,7,17H,2,5-6,8-9H2,(H,14,16). The molecule has 0 radical (unpaired) electrons. The molecule has 1 aliphatic rings. The van der Waals surface area contributed by atoms with Crippen LogP contribution in [0, 0.1) is 10.1 Å². The lowest BCUT2D eigenvalue weighted by atomic mass is 9.80. The van der Waals surface area contributed by atoms with Gasteiger partial charge >= 0.3 is 0 Å². The number of benzene rings is 1. The van der Waals surface area contributed by atoms with Crippen LogP contribution in [0.5, 0.6) is 0 Å². The first-order valence-electron chi connectivity index (χ1n) is 6.21. The van der Waals surface area contributed by atoms with Crippen LogP contribution in [0.15, 0.2) is 24.3 Å². The molecular formula is C13H16N2O4. The predicted molar refractivity (Wildman–Crippen MR) is 68.6 cm³/mol. The SMILES string of the molecule is O=C(Cc1cccc([N+](=O)[O-])c1)NCC1(O)CCC1. The van der Waals surface area contributed by atoms with Crippen LogP contribution >= 0.6 is 0 Å². The van der Waals surface area contributed by atoms with Crippen molar-refractivity contribution >= 4 is 11.6 Å². The van der Waals surface area contributed by atoms with Gasteiger partial charge in [0.2, 0.25) is 5.91 Å². The van der Waals surface area contributed by atoms with E-state index < -0.39 is 10.5 Å². The number of nitrogens with one attached hydrogen (secondary N) is 1. The second-order valence-electron chi connectivity index (χ2n) is 4.96. The van der Waals surface area contributed by atoms with E-state index in [1.54, 1.807) is 12.1 Å². The van der Waals surface area contributed by atoms with Crippen molar-refractivity contribution in [2.45, 2.75) is 31.3 Å². The van der Waals surface area contributed by atoms with Crippen molar-refractivity contribution in [3.8, 4) is 0 Å². The lowest BCUT2D eigenvalue weighted by Crippen LogP contribution is -2.48. The van der Waals surface area contributed by atoms with Crippen LogP contribution in [-0.4, -0.2) is 28.1 Å². The number of non-ortho nitro benzene ring substituents is 1. The summed E-state index contributed by atoms with van der Waals surface area (Å²) in [5.41, 5.74) is -0.187. The number of aliphatic hydroxyl groups is 1. The molecule has 6 heteroatoms. The molecule has 1 aromatic rings. The van der Waals surface area contributed by atoms with Gasteiger partial charge in [0.25, 0.3) is 5.69 Å². The Kier molecular flexibility index (Phi) is 3.80. The quantitative estimate of drug-likeness (QED) is 0.616. The lowest BCUT2D eigenvalue weighted by Gasteiger charge is -2.36. The molecule has 1 aromatic carbocycles. The second-order valence-corrected chi connectivity index (χ2v) is 4.96. The Labute approximate surface area is 110 Å². The van der Waals surface area contributed by atoms with E-state index in [2.05, 4.69) is 5.32 Å². The minimum atomic E-state index is -0.752. The number of nitro groups is 1. The van der Waals surface area contributed by atoms with E-state index in [4.69, 9.17) is 0 Å². The second kappa shape index (κ2) is 5.36. The van der Waals surface area contributed by atoms with Gasteiger partial charge in [0, 0.05) is 18.7 Å². The number of nitro benzene ring substituents is 1. The molecule has 0 atom stereocenters. The van der Waals surface area contributed by atoms with Crippen molar-refractivity contribution in [1.29, 1.82) is 0 Å². The van der Waals surface area contributed by atoms with Gasteiger partial charge in [0.15, 0.2) is 0 Å². The van der Waals surface area contributed by atoms with Crippen LogP contribution in [0.4, 0.5) is 5.69 Å². The van der Waals surface area contributed by atoms with Crippen LogP contribution in [0.2, 0.25) is 0 Å². The highest BCUT2D eigenvalue weighted by molar-refractivity contribution is 5.78. The molecule has 0 saturated heterocycles. The van der Waals surface area contributed by atoms with Crippen LogP contribution in [0.25, 0.3) is 0 Å². The Hall–Kier alpha value is -1.95. The maximum atomic E-state index is 11.7. The monoisotopic (exact) mass is 264 g/mol. The fraction of sp³-hybridized carbons (Fsp3) is 0.462. The summed E-state index contributed by atoms with van der Waals surface area (Å²) in [4.78, 5) is 21.8. The molecule has 0 bridgehead atoms. The minimum Gasteiger partial charge on any atom is -0.388 e. The van der Waals surface area contributed by atoms with Gasteiger partial charge in [-0.25, -0.2) is 0 Å². The third-order valence-corrected chi connectivity index (χ3v) is 3.38. The van der Waals surface area contributed by atoms with E-state index in [0.717, 1.165) is 6.42 Å². The Morgan fingerprint density at radius 3 is 2.79 bits per heavy atom. The molecule has 2 N–H and O–H groups in total. The molecule has 0 unspecified atom stereocenters. The first-order valence-corrected chi connectivity index (χ1v) is 6.21. The van der Waals surface area contributed by atoms with E-state index in [1.807, 2.05) is 0 Å². The topological polar surface area (TPSA) is 92.5 Å². The van der Waals surface area contributed by atoms with E-state index in [0.29, 0.717) is 18.4 Å². The fourth-order valence-electron chi connectivity index (χ4n) is 2.05. The van der Waals surface area contributed by atoms with Crippen molar-refractivity contribution in [2.24, 2.45) is 0 Å². The first kappa shape index (κ1) is 13.5. The van der Waals surface area contributed by atoms with Crippen LogP contribution in [0.3, 0.4) is 0 Å². The van der Waals surface area contributed by atoms with Crippen molar-refractivity contribution < 1.29 is 14.8 Å². The number of hydrogen-bond acceptors (Lipinski definition) is 4. The van der Waals surface area contributed by atoms with E-state index in [9.17, 15) is 20.0 Å². The third-order valence-electron chi connectivity index (χ3n) is 3.38. The van der Waals surface area contributed by atoms with Gasteiger partial charge in [-0.2, -0.15) is 0 Å². The molecule has 0 heterocycles. The average Bonchev–Trinajstić information content (AvgIpc) is 2.34. The molecule has 1 fully saturated rings. The maximum absolute atomic E-state index is 11.7. The normalized spacial score (nSPS) is 16.5. The van der Waals surface area contributed by atoms with Crippen molar-refractivity contribution in [3.05, 3.63) is 39.9 Å². The van der Waals surface area contributed by atoms with E-state index in [1.165, 1.54) is 12.1 Å². The summed E-state index contributed by atoms with van der Waals surface area (Å²) in [5.74, 6) is -0.235. The van der Waals surface area contributed by atoms with Crippen molar-refractivity contribution in [2.75, 3.05) is 6.54 Å². The minimum absolute atomic E-state index is 0.0251.